The molecule has 6 nitrogen and oxygen atoms in total. The molecule has 0 bridgehead atoms. The summed E-state index contributed by atoms with van der Waals surface area (Å²) in [7, 11) is 3.02. The summed E-state index contributed by atoms with van der Waals surface area (Å²) in [5.41, 5.74) is 3.19. The Morgan fingerprint density at radius 1 is 1.21 bits per heavy atom. The molecule has 2 aromatic rings. The Kier molecular flexibility index (Phi) is 6.51. The van der Waals surface area contributed by atoms with Crippen LogP contribution in [0.3, 0.4) is 0 Å². The van der Waals surface area contributed by atoms with Crippen LogP contribution in [0.15, 0.2) is 52.3 Å². The first-order valence-electron chi connectivity index (χ1n) is 8.75. The summed E-state index contributed by atoms with van der Waals surface area (Å²) in [4.78, 5) is 26.3. The van der Waals surface area contributed by atoms with Gasteiger partial charge in [-0.25, -0.2) is 0 Å². The molecule has 1 heterocycles. The molecule has 0 unspecified atom stereocenters. The quantitative estimate of drug-likeness (QED) is 0.576. The molecule has 28 heavy (non-hydrogen) atoms. The fraction of sp³-hybridized carbons (Fsp3) is 0.238. The normalized spacial score (nSPS) is 14.7. The Hall–Kier alpha value is -2.61. The fourth-order valence-corrected chi connectivity index (χ4v) is 3.69. The zero-order chi connectivity index (χ0) is 20.1. The lowest BCUT2D eigenvalue weighted by Crippen LogP contribution is -2.34. The van der Waals surface area contributed by atoms with E-state index in [1.54, 1.807) is 12.1 Å². The van der Waals surface area contributed by atoms with E-state index in [0.717, 1.165) is 16.0 Å². The van der Waals surface area contributed by atoms with Crippen LogP contribution in [0, 0.1) is 6.92 Å². The first-order valence-corrected chi connectivity index (χ1v) is 9.57. The molecule has 1 aliphatic rings. The highest BCUT2D eigenvalue weighted by Gasteiger charge is 2.22. The van der Waals surface area contributed by atoms with E-state index in [2.05, 4.69) is 10.6 Å². The van der Waals surface area contributed by atoms with Crippen molar-refractivity contribution in [3.8, 4) is 0 Å². The monoisotopic (exact) mass is 398 g/mol. The van der Waals surface area contributed by atoms with Gasteiger partial charge in [-0.1, -0.05) is 41.6 Å². The lowest BCUT2D eigenvalue weighted by molar-refractivity contribution is -0.112. The van der Waals surface area contributed by atoms with E-state index in [1.807, 2.05) is 43.3 Å². The molecular formula is C21H22N2O4S. The molecular weight excluding hydrogens is 376 g/mol. The van der Waals surface area contributed by atoms with Crippen LogP contribution < -0.4 is 10.6 Å². The van der Waals surface area contributed by atoms with Gasteiger partial charge in [-0.2, -0.15) is 0 Å². The van der Waals surface area contributed by atoms with Crippen LogP contribution >= 0.6 is 11.8 Å². The molecule has 0 atom stereocenters. The standard InChI is InChI=1S/C21H22N2O4S/c1-13-5-4-6-14(9-13)10-18-21(25)23-16-11-15(7-8-17(16)28-18)20(24)22-12-19(26-2)27-3/h4-11,19H,12H2,1-3H3,(H,22,24)(H,23,25). The van der Waals surface area contributed by atoms with Crippen molar-refractivity contribution in [2.24, 2.45) is 0 Å². The third kappa shape index (κ3) is 4.81. The smallest absolute Gasteiger partial charge is 0.262 e. The van der Waals surface area contributed by atoms with Crippen molar-refractivity contribution < 1.29 is 19.1 Å². The van der Waals surface area contributed by atoms with E-state index in [1.165, 1.54) is 26.0 Å². The first-order chi connectivity index (χ1) is 13.5. The molecule has 0 saturated carbocycles. The van der Waals surface area contributed by atoms with Gasteiger partial charge in [0.05, 0.1) is 17.1 Å². The number of thioether (sulfide) groups is 1. The first kappa shape index (κ1) is 20.1. The molecule has 2 amide bonds. The van der Waals surface area contributed by atoms with Gasteiger partial charge in [-0.3, -0.25) is 9.59 Å². The summed E-state index contributed by atoms with van der Waals surface area (Å²) in [6, 6.07) is 13.2. The largest absolute Gasteiger partial charge is 0.354 e. The summed E-state index contributed by atoms with van der Waals surface area (Å²) in [5, 5.41) is 5.62. The highest BCUT2D eigenvalue weighted by Crippen LogP contribution is 2.39. The summed E-state index contributed by atoms with van der Waals surface area (Å²) in [6.45, 7) is 2.24. The fourth-order valence-electron chi connectivity index (χ4n) is 2.75. The number of hydrogen-bond acceptors (Lipinski definition) is 5. The molecule has 0 spiro atoms. The minimum Gasteiger partial charge on any atom is -0.354 e. The lowest BCUT2D eigenvalue weighted by Gasteiger charge is -2.20. The molecule has 3 rings (SSSR count). The topological polar surface area (TPSA) is 76.7 Å². The van der Waals surface area contributed by atoms with Gasteiger partial charge in [0.1, 0.15) is 0 Å². The van der Waals surface area contributed by atoms with Crippen molar-refractivity contribution in [1.29, 1.82) is 0 Å². The molecule has 0 aromatic heterocycles. The number of fused-ring (bicyclic) bond motifs is 1. The Morgan fingerprint density at radius 2 is 2.00 bits per heavy atom. The highest BCUT2D eigenvalue weighted by atomic mass is 32.2. The number of nitrogens with one attached hydrogen (secondary N) is 2. The maximum Gasteiger partial charge on any atom is 0.262 e. The maximum atomic E-state index is 12.5. The van der Waals surface area contributed by atoms with Crippen LogP contribution in [0.25, 0.3) is 6.08 Å². The molecule has 2 N–H and O–H groups in total. The number of carbonyl (C=O) groups excluding carboxylic acids is 2. The minimum atomic E-state index is -0.508. The van der Waals surface area contributed by atoms with Crippen molar-refractivity contribution >= 4 is 35.3 Å². The van der Waals surface area contributed by atoms with Crippen molar-refractivity contribution in [2.75, 3.05) is 26.1 Å². The summed E-state index contributed by atoms with van der Waals surface area (Å²) in [6.07, 6.45) is 1.36. The van der Waals surface area contributed by atoms with Gasteiger partial charge in [0, 0.05) is 24.7 Å². The Balaban J connectivity index is 1.75. The number of benzene rings is 2. The SMILES string of the molecule is COC(CNC(=O)c1ccc2c(c1)NC(=O)C(=Cc1cccc(C)c1)S2)OC. The van der Waals surface area contributed by atoms with Crippen LogP contribution in [0.2, 0.25) is 0 Å². The number of methoxy groups -OCH3 is 2. The van der Waals surface area contributed by atoms with Crippen molar-refractivity contribution in [1.82, 2.24) is 5.32 Å². The average molecular weight is 398 g/mol. The number of aryl methyl sites for hydroxylation is 1. The Bertz CT molecular complexity index is 922. The van der Waals surface area contributed by atoms with Crippen LogP contribution in [-0.4, -0.2) is 38.9 Å². The predicted octanol–water partition coefficient (Wildman–Crippen LogP) is 3.43. The highest BCUT2D eigenvalue weighted by molar-refractivity contribution is 8.04. The number of ether oxygens (including phenoxy) is 2. The second-order valence-electron chi connectivity index (χ2n) is 6.30. The number of anilines is 1. The van der Waals surface area contributed by atoms with E-state index < -0.39 is 6.29 Å². The average Bonchev–Trinajstić information content (AvgIpc) is 2.69. The molecule has 7 heteroatoms. The number of rotatable bonds is 6. The molecule has 0 aliphatic carbocycles. The zero-order valence-corrected chi connectivity index (χ0v) is 16.8. The van der Waals surface area contributed by atoms with Gasteiger partial charge < -0.3 is 20.1 Å². The van der Waals surface area contributed by atoms with Gasteiger partial charge in [0.15, 0.2) is 6.29 Å². The van der Waals surface area contributed by atoms with Gasteiger partial charge in [-0.05, 0) is 36.8 Å². The van der Waals surface area contributed by atoms with E-state index in [4.69, 9.17) is 9.47 Å². The van der Waals surface area contributed by atoms with Gasteiger partial charge >= 0.3 is 0 Å². The molecule has 1 aliphatic heterocycles. The molecule has 0 fully saturated rings. The Labute approximate surface area is 168 Å². The zero-order valence-electron chi connectivity index (χ0n) is 15.9. The third-order valence-corrected chi connectivity index (χ3v) is 5.33. The van der Waals surface area contributed by atoms with Crippen LogP contribution in [-0.2, 0) is 14.3 Å². The molecule has 2 aromatic carbocycles. The minimum absolute atomic E-state index is 0.185. The molecule has 0 saturated heterocycles. The van der Waals surface area contributed by atoms with Gasteiger partial charge in [0.2, 0.25) is 0 Å². The van der Waals surface area contributed by atoms with Crippen molar-refractivity contribution in [2.45, 2.75) is 18.1 Å². The van der Waals surface area contributed by atoms with Gasteiger partial charge in [0.25, 0.3) is 11.8 Å². The van der Waals surface area contributed by atoms with Crippen molar-refractivity contribution in [3.63, 3.8) is 0 Å². The number of amides is 2. The van der Waals surface area contributed by atoms with Crippen LogP contribution in [0.1, 0.15) is 21.5 Å². The van der Waals surface area contributed by atoms with Gasteiger partial charge in [-0.15, -0.1) is 0 Å². The van der Waals surface area contributed by atoms with E-state index >= 15 is 0 Å². The predicted molar refractivity (Wildman–Crippen MR) is 110 cm³/mol. The number of hydrogen-bond donors (Lipinski definition) is 2. The summed E-state index contributed by atoms with van der Waals surface area (Å²) >= 11 is 1.39. The second kappa shape index (κ2) is 9.05. The Morgan fingerprint density at radius 3 is 2.71 bits per heavy atom. The second-order valence-corrected chi connectivity index (χ2v) is 7.38. The van der Waals surface area contributed by atoms with E-state index in [-0.39, 0.29) is 18.4 Å². The van der Waals surface area contributed by atoms with Crippen molar-refractivity contribution in [3.05, 3.63) is 64.1 Å². The molecule has 0 radical (unpaired) electrons. The van der Waals surface area contributed by atoms with Crippen LogP contribution in [0.4, 0.5) is 5.69 Å². The third-order valence-electron chi connectivity index (χ3n) is 4.23. The van der Waals surface area contributed by atoms with E-state index in [0.29, 0.717) is 16.2 Å². The molecule has 146 valence electrons. The summed E-state index contributed by atoms with van der Waals surface area (Å²) in [5.74, 6) is -0.447. The number of carbonyl (C=O) groups is 2. The lowest BCUT2D eigenvalue weighted by atomic mass is 10.1. The summed E-state index contributed by atoms with van der Waals surface area (Å²) < 4.78 is 10.1. The van der Waals surface area contributed by atoms with E-state index in [9.17, 15) is 9.59 Å². The van der Waals surface area contributed by atoms with Crippen LogP contribution in [0.5, 0.6) is 0 Å². The maximum absolute atomic E-state index is 12.5.